The Morgan fingerprint density at radius 3 is 2.42 bits per heavy atom. The first kappa shape index (κ1) is 23.2. The summed E-state index contributed by atoms with van der Waals surface area (Å²) in [5, 5.41) is 0.537. The van der Waals surface area contributed by atoms with Crippen molar-refractivity contribution in [1.82, 2.24) is 9.80 Å². The fraction of sp³-hybridized carbons (Fsp3) is 0.391. The average Bonchev–Trinajstić information content (AvgIpc) is 2.79. The largest absolute Gasteiger partial charge is 0.324 e. The first-order valence-corrected chi connectivity index (χ1v) is 10.8. The monoisotopic (exact) mass is 446 g/mol. The second-order valence-electron chi connectivity index (χ2n) is 7.66. The number of Topliss-reactive ketones (excluding diaryl/α,β-unsaturated/α-hetero) is 1. The minimum Gasteiger partial charge on any atom is -0.324 e. The molecule has 2 aromatic carbocycles. The first-order valence-electron chi connectivity index (χ1n) is 10.4. The number of rotatable bonds is 6. The molecule has 6 nitrogen and oxygen atoms in total. The summed E-state index contributed by atoms with van der Waals surface area (Å²) in [4.78, 5) is 30.8. The van der Waals surface area contributed by atoms with Gasteiger partial charge in [0.1, 0.15) is 5.82 Å². The number of likely N-dealkylation sites (N-methyl/N-ethyl adjacent to an activating group) is 1. The van der Waals surface area contributed by atoms with Gasteiger partial charge >= 0.3 is 6.03 Å². The van der Waals surface area contributed by atoms with Gasteiger partial charge < -0.3 is 15.5 Å². The van der Waals surface area contributed by atoms with Gasteiger partial charge in [-0.15, -0.1) is 0 Å². The van der Waals surface area contributed by atoms with E-state index in [9.17, 15) is 14.0 Å². The van der Waals surface area contributed by atoms with E-state index in [0.717, 1.165) is 25.2 Å². The molecule has 2 amide bonds. The lowest BCUT2D eigenvalue weighted by atomic mass is 10.1. The van der Waals surface area contributed by atoms with Crippen LogP contribution in [0.4, 0.5) is 14.9 Å². The first-order chi connectivity index (χ1) is 14.8. The molecule has 1 aliphatic heterocycles. The molecule has 1 saturated heterocycles. The molecule has 0 radical (unpaired) electrons. The van der Waals surface area contributed by atoms with Crippen LogP contribution >= 0.6 is 11.6 Å². The predicted molar refractivity (Wildman–Crippen MR) is 121 cm³/mol. The number of urea groups is 1. The molecule has 0 atom stereocenters. The number of nitrogens with two attached hydrogens (primary N) is 1. The number of carbonyl (C=O) groups excluding carboxylic acids is 2. The fourth-order valence-corrected chi connectivity index (χ4v) is 3.76. The highest BCUT2D eigenvalue weighted by molar-refractivity contribution is 6.31. The zero-order valence-electron chi connectivity index (χ0n) is 17.9. The van der Waals surface area contributed by atoms with Crippen LogP contribution in [0.1, 0.15) is 28.4 Å². The second-order valence-corrected chi connectivity index (χ2v) is 8.06. The van der Waals surface area contributed by atoms with Crippen molar-refractivity contribution in [2.75, 3.05) is 44.2 Å². The van der Waals surface area contributed by atoms with Crippen molar-refractivity contribution in [1.29, 1.82) is 0 Å². The fourth-order valence-electron chi connectivity index (χ4n) is 3.58. The standard InChI is InChI=1S/C23H28ClFN4O2/c1-3-27-8-10-28(11-9-27)23(31)29(19-7-4-16(2)20(24)13-19)15-18-6-5-17(12-21(18)25)22(30)14-26/h4-7,12-13H,3,8-11,14-15,26H2,1-2H3. The van der Waals surface area contributed by atoms with Crippen LogP contribution in [0.3, 0.4) is 0 Å². The molecule has 31 heavy (non-hydrogen) atoms. The minimum absolute atomic E-state index is 0.0230. The normalized spacial score (nSPS) is 14.5. The molecule has 0 saturated carbocycles. The number of halogens is 2. The van der Waals surface area contributed by atoms with Gasteiger partial charge in [-0.3, -0.25) is 9.69 Å². The average molecular weight is 447 g/mol. The van der Waals surface area contributed by atoms with Crippen LogP contribution in [0, 0.1) is 12.7 Å². The highest BCUT2D eigenvalue weighted by Gasteiger charge is 2.27. The molecule has 3 rings (SSSR count). The van der Waals surface area contributed by atoms with Crippen LogP contribution < -0.4 is 10.6 Å². The van der Waals surface area contributed by atoms with Gasteiger partial charge in [0.2, 0.25) is 0 Å². The number of hydrogen-bond acceptors (Lipinski definition) is 4. The Morgan fingerprint density at radius 2 is 1.84 bits per heavy atom. The third kappa shape index (κ3) is 5.42. The predicted octanol–water partition coefficient (Wildman–Crippen LogP) is 3.69. The second kappa shape index (κ2) is 10.2. The van der Waals surface area contributed by atoms with Crippen molar-refractivity contribution < 1.29 is 14.0 Å². The SMILES string of the molecule is CCN1CCN(C(=O)N(Cc2ccc(C(=O)CN)cc2F)c2ccc(C)c(Cl)c2)CC1. The highest BCUT2D eigenvalue weighted by Crippen LogP contribution is 2.27. The van der Waals surface area contributed by atoms with Gasteiger partial charge in [-0.25, -0.2) is 9.18 Å². The number of anilines is 1. The van der Waals surface area contributed by atoms with Crippen molar-refractivity contribution in [3.63, 3.8) is 0 Å². The van der Waals surface area contributed by atoms with Crippen LogP contribution in [-0.2, 0) is 6.54 Å². The van der Waals surface area contributed by atoms with Gasteiger partial charge in [0, 0.05) is 48.0 Å². The summed E-state index contributed by atoms with van der Waals surface area (Å²) in [6, 6.07) is 9.42. The van der Waals surface area contributed by atoms with Crippen molar-refractivity contribution in [2.24, 2.45) is 5.73 Å². The van der Waals surface area contributed by atoms with E-state index < -0.39 is 5.82 Å². The molecule has 0 aromatic heterocycles. The third-order valence-electron chi connectivity index (χ3n) is 5.68. The Morgan fingerprint density at radius 1 is 1.13 bits per heavy atom. The number of amides is 2. The third-order valence-corrected chi connectivity index (χ3v) is 6.08. The van der Waals surface area contributed by atoms with Gasteiger partial charge in [0.25, 0.3) is 0 Å². The van der Waals surface area contributed by atoms with Gasteiger partial charge in [-0.2, -0.15) is 0 Å². The Hall–Kier alpha value is -2.48. The van der Waals surface area contributed by atoms with Crippen LogP contribution in [-0.4, -0.2) is 60.9 Å². The zero-order valence-corrected chi connectivity index (χ0v) is 18.7. The summed E-state index contributed by atoms with van der Waals surface area (Å²) >= 11 is 6.31. The maximum Gasteiger partial charge on any atom is 0.324 e. The van der Waals surface area contributed by atoms with Crippen LogP contribution in [0.15, 0.2) is 36.4 Å². The maximum absolute atomic E-state index is 14.8. The molecule has 1 aliphatic rings. The topological polar surface area (TPSA) is 69.9 Å². The van der Waals surface area contributed by atoms with Gasteiger partial charge in [-0.05, 0) is 37.2 Å². The molecular weight excluding hydrogens is 419 g/mol. The Balaban J connectivity index is 1.90. The van der Waals surface area contributed by atoms with E-state index in [1.165, 1.54) is 17.0 Å². The molecule has 1 heterocycles. The number of benzene rings is 2. The number of aryl methyl sites for hydroxylation is 1. The van der Waals surface area contributed by atoms with Crippen molar-refractivity contribution >= 4 is 29.1 Å². The molecule has 0 bridgehead atoms. The van der Waals surface area contributed by atoms with E-state index >= 15 is 0 Å². The summed E-state index contributed by atoms with van der Waals surface area (Å²) in [6.07, 6.45) is 0. The maximum atomic E-state index is 14.8. The number of piperazine rings is 1. The quantitative estimate of drug-likeness (QED) is 0.687. The number of hydrogen-bond donors (Lipinski definition) is 1. The summed E-state index contributed by atoms with van der Waals surface area (Å²) < 4.78 is 14.8. The number of ketones is 1. The van der Waals surface area contributed by atoms with E-state index in [-0.39, 0.29) is 30.5 Å². The van der Waals surface area contributed by atoms with Gasteiger partial charge in [-0.1, -0.05) is 36.7 Å². The summed E-state index contributed by atoms with van der Waals surface area (Å²) in [5.41, 5.74) is 7.39. The summed E-state index contributed by atoms with van der Waals surface area (Å²) in [7, 11) is 0. The molecule has 2 N–H and O–H groups in total. The van der Waals surface area contributed by atoms with Crippen molar-refractivity contribution in [3.05, 3.63) is 63.9 Å². The smallest absolute Gasteiger partial charge is 0.324 e. The molecule has 0 aliphatic carbocycles. The molecule has 0 spiro atoms. The van der Waals surface area contributed by atoms with E-state index in [0.29, 0.717) is 29.4 Å². The highest BCUT2D eigenvalue weighted by atomic mass is 35.5. The lowest BCUT2D eigenvalue weighted by Crippen LogP contribution is -2.52. The lowest BCUT2D eigenvalue weighted by Gasteiger charge is -2.37. The Labute approximate surface area is 187 Å². The van der Waals surface area contributed by atoms with Gasteiger partial charge in [0.15, 0.2) is 5.78 Å². The molecule has 166 valence electrons. The molecule has 8 heteroatoms. The van der Waals surface area contributed by atoms with Crippen molar-refractivity contribution in [3.8, 4) is 0 Å². The number of carbonyl (C=O) groups is 2. The van der Waals surface area contributed by atoms with Gasteiger partial charge in [0.05, 0.1) is 13.1 Å². The van der Waals surface area contributed by atoms with Crippen LogP contribution in [0.2, 0.25) is 5.02 Å². The van der Waals surface area contributed by atoms with Crippen molar-refractivity contribution in [2.45, 2.75) is 20.4 Å². The molecule has 2 aromatic rings. The van der Waals surface area contributed by atoms with Crippen LogP contribution in [0.5, 0.6) is 0 Å². The van der Waals surface area contributed by atoms with Crippen LogP contribution in [0.25, 0.3) is 0 Å². The Bertz CT molecular complexity index is 961. The minimum atomic E-state index is -0.550. The number of nitrogens with zero attached hydrogens (tertiary/aromatic N) is 3. The molecule has 1 fully saturated rings. The summed E-state index contributed by atoms with van der Waals surface area (Å²) in [6.45, 7) is 7.58. The van der Waals surface area contributed by atoms with E-state index in [2.05, 4.69) is 11.8 Å². The van der Waals surface area contributed by atoms with E-state index in [1.807, 2.05) is 19.1 Å². The van der Waals surface area contributed by atoms with E-state index in [1.54, 1.807) is 17.0 Å². The molecular formula is C23H28ClFN4O2. The Kier molecular flexibility index (Phi) is 7.64. The molecule has 0 unspecified atom stereocenters. The van der Waals surface area contributed by atoms with E-state index in [4.69, 9.17) is 17.3 Å². The zero-order chi connectivity index (χ0) is 22.5. The lowest BCUT2D eigenvalue weighted by molar-refractivity contribution is 0.100. The summed E-state index contributed by atoms with van der Waals surface area (Å²) in [5.74, 6) is -0.886.